The average Bonchev–Trinajstić information content (AvgIpc) is 2.34. The molecular weight excluding hydrogens is 260 g/mol. The lowest BCUT2D eigenvalue weighted by Crippen LogP contribution is -2.25. The van der Waals surface area contributed by atoms with Gasteiger partial charge in [0, 0.05) is 4.90 Å². The lowest BCUT2D eigenvalue weighted by atomic mass is 9.67. The van der Waals surface area contributed by atoms with Gasteiger partial charge in [0.05, 0.1) is 0 Å². The Kier molecular flexibility index (Phi) is 6.19. The van der Waals surface area contributed by atoms with Crippen molar-refractivity contribution in [1.29, 1.82) is 0 Å². The molecule has 1 aromatic carbocycles. The highest BCUT2D eigenvalue weighted by Gasteiger charge is 2.31. The van der Waals surface area contributed by atoms with E-state index in [0.29, 0.717) is 16.7 Å². The lowest BCUT2D eigenvalue weighted by molar-refractivity contribution is 0.200. The van der Waals surface area contributed by atoms with Crippen LogP contribution in [0, 0.1) is 10.8 Å². The molecule has 0 aliphatic carbocycles. The van der Waals surface area contributed by atoms with Crippen LogP contribution in [-0.4, -0.2) is 0 Å². The van der Waals surface area contributed by atoms with E-state index in [0.717, 1.165) is 4.90 Å². The van der Waals surface area contributed by atoms with Gasteiger partial charge in [0.2, 0.25) is 0 Å². The summed E-state index contributed by atoms with van der Waals surface area (Å²) in [6, 6.07) is 8.76. The normalized spacial score (nSPS) is 14.3. The van der Waals surface area contributed by atoms with Gasteiger partial charge in [-0.3, -0.25) is 0 Å². The van der Waals surface area contributed by atoms with E-state index in [1.807, 2.05) is 0 Å². The minimum absolute atomic E-state index is 0.293. The van der Waals surface area contributed by atoms with Crippen molar-refractivity contribution in [1.82, 2.24) is 0 Å². The van der Waals surface area contributed by atoms with E-state index in [9.17, 15) is 0 Å². The summed E-state index contributed by atoms with van der Waals surface area (Å²) in [5.41, 5.74) is 2.16. The Morgan fingerprint density at radius 3 is 2.00 bits per heavy atom. The van der Waals surface area contributed by atoms with Crippen LogP contribution >= 0.6 is 12.6 Å². The predicted molar refractivity (Wildman–Crippen MR) is 93.8 cm³/mol. The molecule has 1 aromatic rings. The summed E-state index contributed by atoms with van der Waals surface area (Å²) >= 11 is 4.41. The lowest BCUT2D eigenvalue weighted by Gasteiger charge is -2.38. The van der Waals surface area contributed by atoms with E-state index in [4.69, 9.17) is 0 Å². The fourth-order valence-corrected chi connectivity index (χ4v) is 3.09. The first-order valence-electron chi connectivity index (χ1n) is 7.94. The van der Waals surface area contributed by atoms with Gasteiger partial charge >= 0.3 is 0 Å². The fourth-order valence-electron chi connectivity index (χ4n) is 2.94. The van der Waals surface area contributed by atoms with Crippen LogP contribution < -0.4 is 0 Å². The Labute approximate surface area is 131 Å². The number of thiol groups is 1. The SMILES string of the molecule is CCCCC(C)(C)CC(c1ccc(S)cc1)C(C)(C)C. The van der Waals surface area contributed by atoms with E-state index in [2.05, 4.69) is 78.4 Å². The van der Waals surface area contributed by atoms with Crippen molar-refractivity contribution in [2.75, 3.05) is 0 Å². The molecule has 0 aliphatic rings. The summed E-state index contributed by atoms with van der Waals surface area (Å²) in [5, 5.41) is 0. The zero-order chi connectivity index (χ0) is 15.4. The van der Waals surface area contributed by atoms with Crippen LogP contribution in [0.25, 0.3) is 0 Å². The second-order valence-electron chi connectivity index (χ2n) is 7.98. The van der Waals surface area contributed by atoms with Crippen molar-refractivity contribution in [3.8, 4) is 0 Å². The van der Waals surface area contributed by atoms with E-state index in [1.165, 1.54) is 31.2 Å². The van der Waals surface area contributed by atoms with Crippen molar-refractivity contribution in [2.45, 2.75) is 78.0 Å². The standard InChI is InChI=1S/C19H32S/c1-7-8-13-19(5,6)14-17(18(2,3)4)15-9-11-16(20)12-10-15/h9-12,17,20H,7-8,13-14H2,1-6H3. The minimum Gasteiger partial charge on any atom is -0.143 e. The van der Waals surface area contributed by atoms with Gasteiger partial charge in [-0.15, -0.1) is 12.6 Å². The smallest absolute Gasteiger partial charge is 0.00401 e. The van der Waals surface area contributed by atoms with Gasteiger partial charge in [-0.05, 0) is 47.3 Å². The molecule has 0 bridgehead atoms. The number of hydrogen-bond donors (Lipinski definition) is 1. The van der Waals surface area contributed by atoms with Crippen molar-refractivity contribution in [2.24, 2.45) is 10.8 Å². The topological polar surface area (TPSA) is 0 Å². The van der Waals surface area contributed by atoms with Gasteiger partial charge < -0.3 is 0 Å². The molecule has 0 heterocycles. The maximum absolute atomic E-state index is 4.41. The summed E-state index contributed by atoms with van der Waals surface area (Å²) in [7, 11) is 0. The predicted octanol–water partition coefficient (Wildman–Crippen LogP) is 6.71. The third-order valence-electron chi connectivity index (χ3n) is 4.30. The second-order valence-corrected chi connectivity index (χ2v) is 8.50. The average molecular weight is 293 g/mol. The summed E-state index contributed by atoms with van der Waals surface area (Å²) < 4.78 is 0. The Bertz CT molecular complexity index is 395. The first-order chi connectivity index (χ1) is 9.15. The highest BCUT2D eigenvalue weighted by Crippen LogP contribution is 2.44. The summed E-state index contributed by atoms with van der Waals surface area (Å²) in [4.78, 5) is 1.05. The highest BCUT2D eigenvalue weighted by atomic mass is 32.1. The van der Waals surface area contributed by atoms with E-state index < -0.39 is 0 Å². The van der Waals surface area contributed by atoms with Crippen molar-refractivity contribution in [3.63, 3.8) is 0 Å². The first-order valence-corrected chi connectivity index (χ1v) is 8.39. The van der Waals surface area contributed by atoms with Gasteiger partial charge in [0.1, 0.15) is 0 Å². The third-order valence-corrected chi connectivity index (χ3v) is 4.60. The third kappa shape index (κ3) is 5.52. The van der Waals surface area contributed by atoms with Crippen LogP contribution in [0.4, 0.5) is 0 Å². The number of hydrogen-bond acceptors (Lipinski definition) is 1. The van der Waals surface area contributed by atoms with Gasteiger partial charge in [0.25, 0.3) is 0 Å². The monoisotopic (exact) mass is 292 g/mol. The highest BCUT2D eigenvalue weighted by molar-refractivity contribution is 7.80. The molecular formula is C19H32S. The molecule has 20 heavy (non-hydrogen) atoms. The van der Waals surface area contributed by atoms with Gasteiger partial charge in [-0.2, -0.15) is 0 Å². The summed E-state index contributed by atoms with van der Waals surface area (Å²) in [6.45, 7) is 14.2. The van der Waals surface area contributed by atoms with E-state index >= 15 is 0 Å². The van der Waals surface area contributed by atoms with Crippen LogP contribution in [0.5, 0.6) is 0 Å². The summed E-state index contributed by atoms with van der Waals surface area (Å²) in [6.07, 6.45) is 5.19. The van der Waals surface area contributed by atoms with Gasteiger partial charge in [-0.25, -0.2) is 0 Å². The molecule has 0 aliphatic heterocycles. The van der Waals surface area contributed by atoms with Crippen molar-refractivity contribution < 1.29 is 0 Å². The second kappa shape index (κ2) is 7.02. The molecule has 0 N–H and O–H groups in total. The molecule has 114 valence electrons. The first kappa shape index (κ1) is 17.6. The van der Waals surface area contributed by atoms with Gasteiger partial charge in [0.15, 0.2) is 0 Å². The maximum Gasteiger partial charge on any atom is 0.00401 e. The Morgan fingerprint density at radius 1 is 1.00 bits per heavy atom. The van der Waals surface area contributed by atoms with Crippen LogP contribution in [-0.2, 0) is 0 Å². The van der Waals surface area contributed by atoms with Crippen molar-refractivity contribution in [3.05, 3.63) is 29.8 Å². The summed E-state index contributed by atoms with van der Waals surface area (Å²) in [5.74, 6) is 0.600. The molecule has 0 fully saturated rings. The number of rotatable bonds is 6. The molecule has 0 radical (unpaired) electrons. The quantitative estimate of drug-likeness (QED) is 0.553. The number of benzene rings is 1. The van der Waals surface area contributed by atoms with Crippen LogP contribution in [0.1, 0.15) is 78.7 Å². The molecule has 0 amide bonds. The molecule has 0 saturated heterocycles. The van der Waals surface area contributed by atoms with E-state index in [-0.39, 0.29) is 0 Å². The van der Waals surface area contributed by atoms with Gasteiger partial charge in [-0.1, -0.05) is 66.5 Å². The maximum atomic E-state index is 4.41. The minimum atomic E-state index is 0.293. The number of unbranched alkanes of at least 4 members (excludes halogenated alkanes) is 1. The van der Waals surface area contributed by atoms with Crippen LogP contribution in [0.15, 0.2) is 29.2 Å². The fraction of sp³-hybridized carbons (Fsp3) is 0.684. The molecule has 1 unspecified atom stereocenters. The molecule has 0 spiro atoms. The molecule has 0 nitrogen and oxygen atoms in total. The zero-order valence-electron chi connectivity index (χ0n) is 14.2. The molecule has 1 rings (SSSR count). The molecule has 1 atom stereocenters. The molecule has 0 saturated carbocycles. The van der Waals surface area contributed by atoms with E-state index in [1.54, 1.807) is 0 Å². The van der Waals surface area contributed by atoms with Crippen LogP contribution in [0.3, 0.4) is 0 Å². The Morgan fingerprint density at radius 2 is 1.55 bits per heavy atom. The Balaban J connectivity index is 2.94. The molecule has 1 heteroatoms. The zero-order valence-corrected chi connectivity index (χ0v) is 15.1. The Hall–Kier alpha value is -0.430. The largest absolute Gasteiger partial charge is 0.143 e. The van der Waals surface area contributed by atoms with Crippen molar-refractivity contribution >= 4 is 12.6 Å². The molecule has 0 aromatic heterocycles. The van der Waals surface area contributed by atoms with Crippen LogP contribution in [0.2, 0.25) is 0 Å².